The van der Waals surface area contributed by atoms with E-state index in [0.29, 0.717) is 0 Å². The molecule has 0 amide bonds. The Kier molecular flexibility index (Phi) is 2.63. The Bertz CT molecular complexity index is 339. The third kappa shape index (κ3) is 1.83. The second-order valence-corrected chi connectivity index (χ2v) is 6.48. The highest BCUT2D eigenvalue weighted by atomic mass is 32.1. The molecule has 1 aromatic rings. The van der Waals surface area contributed by atoms with Crippen LogP contribution in [0.25, 0.3) is 0 Å². The van der Waals surface area contributed by atoms with Gasteiger partial charge in [0, 0.05) is 22.8 Å². The third-order valence-electron chi connectivity index (χ3n) is 3.43. The van der Waals surface area contributed by atoms with E-state index in [1.54, 1.807) is 11.3 Å². The Labute approximate surface area is 95.9 Å². The smallest absolute Gasteiger partial charge is 0.100 e. The maximum absolute atomic E-state index is 5.89. The van der Waals surface area contributed by atoms with Crippen LogP contribution >= 0.6 is 11.3 Å². The van der Waals surface area contributed by atoms with Crippen LogP contribution in [0.15, 0.2) is 5.38 Å². The highest BCUT2D eigenvalue weighted by Gasteiger charge is 2.40. The molecule has 0 saturated heterocycles. The Morgan fingerprint density at radius 1 is 1.47 bits per heavy atom. The number of hydrogen-bond acceptors (Lipinski definition) is 3. The van der Waals surface area contributed by atoms with E-state index in [0.717, 1.165) is 6.54 Å². The van der Waals surface area contributed by atoms with E-state index in [4.69, 9.17) is 10.7 Å². The lowest BCUT2D eigenvalue weighted by Gasteiger charge is -2.39. The molecule has 2 nitrogen and oxygen atoms in total. The zero-order valence-electron chi connectivity index (χ0n) is 9.84. The first-order valence-electron chi connectivity index (χ1n) is 5.64. The van der Waals surface area contributed by atoms with Gasteiger partial charge in [-0.25, -0.2) is 4.98 Å². The first-order valence-corrected chi connectivity index (χ1v) is 6.52. The number of nitrogens with zero attached hydrogens (tertiary/aromatic N) is 1. The van der Waals surface area contributed by atoms with Gasteiger partial charge in [0.05, 0.1) is 5.69 Å². The monoisotopic (exact) mass is 224 g/mol. The van der Waals surface area contributed by atoms with Crippen LogP contribution in [0.3, 0.4) is 0 Å². The summed E-state index contributed by atoms with van der Waals surface area (Å²) in [5.41, 5.74) is 7.49. The molecule has 1 heterocycles. The third-order valence-corrected chi connectivity index (χ3v) is 4.52. The SMILES string of the molecule is CC(C)(C)c1csc(C2(CN)CCC2)n1. The molecule has 0 atom stereocenters. The Balaban J connectivity index is 2.27. The Hall–Kier alpha value is -0.410. The lowest BCUT2D eigenvalue weighted by atomic mass is 9.69. The zero-order valence-corrected chi connectivity index (χ0v) is 10.7. The average Bonchev–Trinajstić information content (AvgIpc) is 2.51. The van der Waals surface area contributed by atoms with Crippen molar-refractivity contribution in [3.05, 3.63) is 16.1 Å². The first kappa shape index (κ1) is 11.1. The first-order chi connectivity index (χ1) is 6.98. The van der Waals surface area contributed by atoms with Crippen molar-refractivity contribution in [3.63, 3.8) is 0 Å². The fourth-order valence-electron chi connectivity index (χ4n) is 1.97. The summed E-state index contributed by atoms with van der Waals surface area (Å²) in [6.45, 7) is 7.38. The van der Waals surface area contributed by atoms with Crippen LogP contribution in [-0.4, -0.2) is 11.5 Å². The molecule has 84 valence electrons. The quantitative estimate of drug-likeness (QED) is 0.839. The van der Waals surface area contributed by atoms with Gasteiger partial charge in [-0.1, -0.05) is 27.2 Å². The van der Waals surface area contributed by atoms with Crippen LogP contribution in [-0.2, 0) is 10.8 Å². The molecular formula is C12H20N2S. The summed E-state index contributed by atoms with van der Waals surface area (Å²) in [5.74, 6) is 0. The van der Waals surface area contributed by atoms with Crippen molar-refractivity contribution < 1.29 is 0 Å². The lowest BCUT2D eigenvalue weighted by molar-refractivity contribution is 0.251. The van der Waals surface area contributed by atoms with E-state index in [-0.39, 0.29) is 10.8 Å². The van der Waals surface area contributed by atoms with Gasteiger partial charge in [-0.3, -0.25) is 0 Å². The molecule has 1 aliphatic rings. The number of thiazole rings is 1. The van der Waals surface area contributed by atoms with Crippen LogP contribution < -0.4 is 5.73 Å². The topological polar surface area (TPSA) is 38.9 Å². The van der Waals surface area contributed by atoms with Crippen molar-refractivity contribution in [2.45, 2.75) is 50.9 Å². The average molecular weight is 224 g/mol. The van der Waals surface area contributed by atoms with Gasteiger partial charge in [-0.2, -0.15) is 0 Å². The molecule has 0 aliphatic heterocycles. The molecule has 0 bridgehead atoms. The van der Waals surface area contributed by atoms with Gasteiger partial charge in [0.1, 0.15) is 5.01 Å². The molecule has 0 unspecified atom stereocenters. The maximum atomic E-state index is 5.89. The minimum atomic E-state index is 0.161. The molecule has 1 saturated carbocycles. The Morgan fingerprint density at radius 2 is 2.13 bits per heavy atom. The van der Waals surface area contributed by atoms with E-state index >= 15 is 0 Å². The van der Waals surface area contributed by atoms with Crippen LogP contribution in [0, 0.1) is 0 Å². The predicted octanol–water partition coefficient (Wildman–Crippen LogP) is 2.82. The van der Waals surface area contributed by atoms with E-state index in [1.807, 2.05) is 0 Å². The van der Waals surface area contributed by atoms with Gasteiger partial charge in [0.25, 0.3) is 0 Å². The minimum absolute atomic E-state index is 0.161. The molecule has 3 heteroatoms. The van der Waals surface area contributed by atoms with E-state index in [1.165, 1.54) is 30.0 Å². The molecule has 2 rings (SSSR count). The summed E-state index contributed by atoms with van der Waals surface area (Å²) in [7, 11) is 0. The lowest BCUT2D eigenvalue weighted by Crippen LogP contribution is -2.41. The summed E-state index contributed by atoms with van der Waals surface area (Å²) in [4.78, 5) is 4.79. The second kappa shape index (κ2) is 3.56. The van der Waals surface area contributed by atoms with Crippen molar-refractivity contribution in [1.82, 2.24) is 4.98 Å². The molecule has 15 heavy (non-hydrogen) atoms. The summed E-state index contributed by atoms with van der Waals surface area (Å²) >= 11 is 1.79. The predicted molar refractivity (Wildman–Crippen MR) is 65.4 cm³/mol. The fourth-order valence-corrected chi connectivity index (χ4v) is 3.29. The second-order valence-electron chi connectivity index (χ2n) is 5.63. The summed E-state index contributed by atoms with van der Waals surface area (Å²) in [6, 6.07) is 0. The van der Waals surface area contributed by atoms with Gasteiger partial charge in [-0.05, 0) is 12.8 Å². The number of aromatic nitrogens is 1. The number of hydrogen-bond donors (Lipinski definition) is 1. The van der Waals surface area contributed by atoms with E-state index < -0.39 is 0 Å². The molecule has 2 N–H and O–H groups in total. The van der Waals surface area contributed by atoms with Crippen LogP contribution in [0.1, 0.15) is 50.7 Å². The summed E-state index contributed by atoms with van der Waals surface area (Å²) < 4.78 is 0. The molecule has 1 aliphatic carbocycles. The van der Waals surface area contributed by atoms with Crippen molar-refractivity contribution in [2.24, 2.45) is 5.73 Å². The van der Waals surface area contributed by atoms with Gasteiger partial charge >= 0.3 is 0 Å². The van der Waals surface area contributed by atoms with Gasteiger partial charge in [0.15, 0.2) is 0 Å². The minimum Gasteiger partial charge on any atom is -0.329 e. The van der Waals surface area contributed by atoms with Crippen LogP contribution in [0.5, 0.6) is 0 Å². The number of rotatable bonds is 2. The maximum Gasteiger partial charge on any atom is 0.100 e. The van der Waals surface area contributed by atoms with Crippen LogP contribution in [0.2, 0.25) is 0 Å². The summed E-state index contributed by atoms with van der Waals surface area (Å²) in [6.07, 6.45) is 3.75. The van der Waals surface area contributed by atoms with Crippen LogP contribution in [0.4, 0.5) is 0 Å². The van der Waals surface area contributed by atoms with Crippen molar-refractivity contribution in [2.75, 3.05) is 6.54 Å². The van der Waals surface area contributed by atoms with Gasteiger partial charge in [-0.15, -0.1) is 11.3 Å². The standard InChI is InChI=1S/C12H20N2S/c1-11(2,3)9-7-15-10(14-9)12(8-13)5-4-6-12/h7H,4-6,8,13H2,1-3H3. The highest BCUT2D eigenvalue weighted by Crippen LogP contribution is 2.44. The van der Waals surface area contributed by atoms with E-state index in [2.05, 4.69) is 26.2 Å². The molecule has 0 radical (unpaired) electrons. The van der Waals surface area contributed by atoms with Crippen molar-refractivity contribution in [1.29, 1.82) is 0 Å². The molecule has 1 fully saturated rings. The zero-order chi connectivity index (χ0) is 11.1. The normalized spacial score (nSPS) is 20.0. The largest absolute Gasteiger partial charge is 0.329 e. The fraction of sp³-hybridized carbons (Fsp3) is 0.750. The highest BCUT2D eigenvalue weighted by molar-refractivity contribution is 7.09. The Morgan fingerprint density at radius 3 is 2.47 bits per heavy atom. The summed E-state index contributed by atoms with van der Waals surface area (Å²) in [5, 5.41) is 3.46. The molecule has 1 aromatic heterocycles. The van der Waals surface area contributed by atoms with Crippen molar-refractivity contribution in [3.8, 4) is 0 Å². The van der Waals surface area contributed by atoms with Gasteiger partial charge < -0.3 is 5.73 Å². The van der Waals surface area contributed by atoms with Gasteiger partial charge in [0.2, 0.25) is 0 Å². The molecule has 0 aromatic carbocycles. The molecular weight excluding hydrogens is 204 g/mol. The van der Waals surface area contributed by atoms with Crippen molar-refractivity contribution >= 4 is 11.3 Å². The molecule has 0 spiro atoms. The van der Waals surface area contributed by atoms with E-state index in [9.17, 15) is 0 Å². The number of nitrogens with two attached hydrogens (primary N) is 1.